The Hall–Kier alpha value is -4.04. The van der Waals surface area contributed by atoms with Crippen molar-refractivity contribution in [3.63, 3.8) is 0 Å². The highest BCUT2D eigenvalue weighted by atomic mass is 16.3. The summed E-state index contributed by atoms with van der Waals surface area (Å²) in [5.74, 6) is 1.34. The van der Waals surface area contributed by atoms with Gasteiger partial charge in [0.2, 0.25) is 11.8 Å². The molecule has 0 bridgehead atoms. The summed E-state index contributed by atoms with van der Waals surface area (Å²) in [6.07, 6.45) is 4.31. The normalized spacial score (nSPS) is 11.2. The van der Waals surface area contributed by atoms with Crippen LogP contribution in [0.25, 0.3) is 28.5 Å². The topological polar surface area (TPSA) is 107 Å². The van der Waals surface area contributed by atoms with Gasteiger partial charge in [-0.3, -0.25) is 4.98 Å². The van der Waals surface area contributed by atoms with E-state index in [4.69, 9.17) is 10.2 Å². The van der Waals surface area contributed by atoms with Crippen LogP contribution in [0, 0.1) is 0 Å². The van der Waals surface area contributed by atoms with E-state index in [1.54, 1.807) is 12.3 Å². The maximum atomic E-state index is 6.12. The van der Waals surface area contributed by atoms with Crippen LogP contribution in [0.4, 0.5) is 5.95 Å². The van der Waals surface area contributed by atoms with Gasteiger partial charge in [0.15, 0.2) is 11.4 Å². The summed E-state index contributed by atoms with van der Waals surface area (Å²) in [5, 5.41) is 7.83. The molecule has 1 aromatic carbocycles. The molecule has 154 valence electrons. The van der Waals surface area contributed by atoms with Gasteiger partial charge in [-0.25, -0.2) is 9.97 Å². The fourth-order valence-electron chi connectivity index (χ4n) is 3.36. The van der Waals surface area contributed by atoms with Crippen LogP contribution in [0.15, 0.2) is 77.5 Å². The lowest BCUT2D eigenvalue weighted by atomic mass is 10.1. The van der Waals surface area contributed by atoms with E-state index in [1.807, 2.05) is 48.7 Å². The van der Waals surface area contributed by atoms with Crippen LogP contribution in [-0.2, 0) is 13.0 Å². The van der Waals surface area contributed by atoms with Crippen molar-refractivity contribution in [1.29, 1.82) is 0 Å². The number of pyridine rings is 1. The van der Waals surface area contributed by atoms with Crippen molar-refractivity contribution >= 4 is 11.6 Å². The van der Waals surface area contributed by atoms with E-state index >= 15 is 0 Å². The van der Waals surface area contributed by atoms with Gasteiger partial charge in [-0.2, -0.15) is 4.52 Å². The van der Waals surface area contributed by atoms with Crippen molar-refractivity contribution in [3.8, 4) is 22.8 Å². The quantitative estimate of drug-likeness (QED) is 0.395. The molecule has 0 aliphatic heterocycles. The van der Waals surface area contributed by atoms with Crippen LogP contribution in [-0.4, -0.2) is 31.1 Å². The first-order valence-corrected chi connectivity index (χ1v) is 10.0. The minimum Gasteiger partial charge on any atom is -0.461 e. The van der Waals surface area contributed by atoms with Gasteiger partial charge in [0, 0.05) is 43.0 Å². The number of nitrogens with one attached hydrogen (secondary N) is 1. The smallest absolute Gasteiger partial charge is 0.223 e. The Morgan fingerprint density at radius 3 is 2.68 bits per heavy atom. The Morgan fingerprint density at radius 1 is 1.00 bits per heavy atom. The van der Waals surface area contributed by atoms with Gasteiger partial charge in [-0.1, -0.05) is 30.3 Å². The lowest BCUT2D eigenvalue weighted by molar-refractivity contribution is 0.577. The summed E-state index contributed by atoms with van der Waals surface area (Å²) in [7, 11) is 0. The summed E-state index contributed by atoms with van der Waals surface area (Å²) in [5.41, 5.74) is 10.7. The molecule has 3 N–H and O–H groups in total. The first kappa shape index (κ1) is 19.0. The highest BCUT2D eigenvalue weighted by Crippen LogP contribution is 2.23. The molecule has 0 saturated heterocycles. The van der Waals surface area contributed by atoms with Crippen molar-refractivity contribution in [2.75, 3.05) is 12.3 Å². The molecule has 0 fully saturated rings. The zero-order chi connectivity index (χ0) is 21.0. The highest BCUT2D eigenvalue weighted by molar-refractivity contribution is 5.66. The number of anilines is 1. The van der Waals surface area contributed by atoms with E-state index in [2.05, 4.69) is 37.5 Å². The molecule has 8 nitrogen and oxygen atoms in total. The van der Waals surface area contributed by atoms with Crippen LogP contribution < -0.4 is 11.1 Å². The number of furan rings is 1. The molecule has 0 radical (unpaired) electrons. The summed E-state index contributed by atoms with van der Waals surface area (Å²) in [6.45, 7) is 1.66. The number of rotatable bonds is 7. The molecular formula is C23H21N7O. The van der Waals surface area contributed by atoms with Crippen molar-refractivity contribution in [3.05, 3.63) is 84.4 Å². The number of hydrogen-bond donors (Lipinski definition) is 2. The lowest BCUT2D eigenvalue weighted by Gasteiger charge is -2.07. The van der Waals surface area contributed by atoms with Gasteiger partial charge < -0.3 is 15.5 Å². The summed E-state index contributed by atoms with van der Waals surface area (Å²) < 4.78 is 6.89. The van der Waals surface area contributed by atoms with E-state index in [9.17, 15) is 0 Å². The van der Waals surface area contributed by atoms with E-state index in [0.29, 0.717) is 17.2 Å². The molecule has 0 atom stereocenters. The van der Waals surface area contributed by atoms with Gasteiger partial charge in [-0.05, 0) is 29.8 Å². The zero-order valence-corrected chi connectivity index (χ0v) is 16.8. The molecule has 0 aliphatic carbocycles. The molecular weight excluding hydrogens is 390 g/mol. The first-order valence-electron chi connectivity index (χ1n) is 10.0. The molecule has 8 heteroatoms. The molecule has 4 heterocycles. The number of fused-ring (bicyclic) bond motifs is 1. The Balaban J connectivity index is 1.27. The minimum absolute atomic E-state index is 0.276. The number of benzene rings is 1. The zero-order valence-electron chi connectivity index (χ0n) is 16.8. The van der Waals surface area contributed by atoms with E-state index < -0.39 is 0 Å². The van der Waals surface area contributed by atoms with Gasteiger partial charge in [0.1, 0.15) is 0 Å². The van der Waals surface area contributed by atoms with Crippen LogP contribution in [0.1, 0.15) is 11.3 Å². The van der Waals surface area contributed by atoms with Crippen molar-refractivity contribution in [2.45, 2.75) is 13.0 Å². The SMILES string of the molecule is Nc1nc(-c2ccc(CNCCc3ccccn3)cc2)cc2nc(-c3ccco3)nn12. The first-order chi connectivity index (χ1) is 15.3. The van der Waals surface area contributed by atoms with Crippen LogP contribution in [0.3, 0.4) is 0 Å². The van der Waals surface area contributed by atoms with Crippen molar-refractivity contribution < 1.29 is 4.42 Å². The van der Waals surface area contributed by atoms with Gasteiger partial charge >= 0.3 is 0 Å². The van der Waals surface area contributed by atoms with Gasteiger partial charge in [0.05, 0.1) is 12.0 Å². The van der Waals surface area contributed by atoms with Gasteiger partial charge in [0.25, 0.3) is 0 Å². The second kappa shape index (κ2) is 8.37. The number of aromatic nitrogens is 5. The summed E-state index contributed by atoms with van der Waals surface area (Å²) >= 11 is 0. The number of nitrogens with two attached hydrogens (primary N) is 1. The minimum atomic E-state index is 0.276. The molecule has 0 amide bonds. The number of nitrogen functional groups attached to an aromatic ring is 1. The Bertz CT molecular complexity index is 1280. The monoisotopic (exact) mass is 411 g/mol. The standard InChI is InChI=1S/C23H21N7O/c24-23-27-19(14-21-28-22(29-30(21)23)20-5-3-13-31-20)17-8-6-16(7-9-17)15-25-12-10-18-4-1-2-11-26-18/h1-9,11,13-14,25H,10,12,15H2,(H2,24,27). The number of hydrogen-bond acceptors (Lipinski definition) is 7. The molecule has 5 aromatic rings. The van der Waals surface area contributed by atoms with Gasteiger partial charge in [-0.15, -0.1) is 5.10 Å². The second-order valence-electron chi connectivity index (χ2n) is 7.13. The largest absolute Gasteiger partial charge is 0.461 e. The molecule has 4 aromatic heterocycles. The van der Waals surface area contributed by atoms with Crippen LogP contribution in [0.5, 0.6) is 0 Å². The predicted molar refractivity (Wildman–Crippen MR) is 118 cm³/mol. The molecule has 0 unspecified atom stereocenters. The maximum absolute atomic E-state index is 6.12. The third-order valence-electron chi connectivity index (χ3n) is 4.95. The average molecular weight is 411 g/mol. The summed E-state index contributed by atoms with van der Waals surface area (Å²) in [4.78, 5) is 13.3. The molecule has 5 rings (SSSR count). The Labute approximate surface area is 178 Å². The van der Waals surface area contributed by atoms with E-state index in [-0.39, 0.29) is 5.95 Å². The molecule has 0 spiro atoms. The lowest BCUT2D eigenvalue weighted by Crippen LogP contribution is -2.17. The fourth-order valence-corrected chi connectivity index (χ4v) is 3.36. The van der Waals surface area contributed by atoms with Crippen LogP contribution in [0.2, 0.25) is 0 Å². The third kappa shape index (κ3) is 4.15. The predicted octanol–water partition coefficient (Wildman–Crippen LogP) is 3.36. The molecule has 0 aliphatic rings. The Morgan fingerprint density at radius 2 is 1.90 bits per heavy atom. The summed E-state index contributed by atoms with van der Waals surface area (Å²) in [6, 6.07) is 19.7. The molecule has 0 saturated carbocycles. The fraction of sp³-hybridized carbons (Fsp3) is 0.130. The average Bonchev–Trinajstić information content (AvgIpc) is 3.48. The van der Waals surface area contributed by atoms with E-state index in [1.165, 1.54) is 10.1 Å². The second-order valence-corrected chi connectivity index (χ2v) is 7.13. The van der Waals surface area contributed by atoms with Crippen molar-refractivity contribution in [1.82, 2.24) is 29.9 Å². The van der Waals surface area contributed by atoms with Crippen LogP contribution >= 0.6 is 0 Å². The molecule has 31 heavy (non-hydrogen) atoms. The highest BCUT2D eigenvalue weighted by Gasteiger charge is 2.13. The van der Waals surface area contributed by atoms with E-state index in [0.717, 1.165) is 36.5 Å². The maximum Gasteiger partial charge on any atom is 0.223 e. The Kier molecular flexibility index (Phi) is 5.12. The van der Waals surface area contributed by atoms with Crippen molar-refractivity contribution in [2.24, 2.45) is 0 Å². The number of nitrogens with zero attached hydrogens (tertiary/aromatic N) is 5. The third-order valence-corrected chi connectivity index (χ3v) is 4.95.